The highest BCUT2D eigenvalue weighted by atomic mass is 16.5. The van der Waals surface area contributed by atoms with Crippen LogP contribution >= 0.6 is 0 Å². The molecule has 312 valence electrons. The van der Waals surface area contributed by atoms with Crippen LogP contribution in [0.1, 0.15) is 63.6 Å². The molecule has 2 aliphatic heterocycles. The van der Waals surface area contributed by atoms with Gasteiger partial charge in [0, 0.05) is 36.5 Å². The molecule has 5 rings (SSSR count). The van der Waals surface area contributed by atoms with E-state index in [1.807, 2.05) is 36.4 Å². The third-order valence-corrected chi connectivity index (χ3v) is 10.8. The molecule has 3 aromatic rings. The highest BCUT2D eigenvalue weighted by Gasteiger charge is 2.38. The minimum absolute atomic E-state index is 0.0500. The fourth-order valence-electron chi connectivity index (χ4n) is 7.41. The second-order valence-electron chi connectivity index (χ2n) is 15.5. The maximum Gasteiger partial charge on any atom is 0.246 e. The number of carbonyl (C=O) groups is 7. The first-order chi connectivity index (χ1) is 27.8. The molecule has 2 aromatic carbocycles. The maximum atomic E-state index is 14.3. The molecule has 0 spiro atoms. The molecule has 2 saturated heterocycles. The average Bonchev–Trinajstić information content (AvgIpc) is 3.87. The van der Waals surface area contributed by atoms with Crippen molar-refractivity contribution in [2.45, 2.75) is 90.4 Å². The molecule has 0 bridgehead atoms. The molecular formula is C42H56N8O8. The number of ether oxygens (including phenoxy) is 1. The van der Waals surface area contributed by atoms with Gasteiger partial charge in [-0.05, 0) is 59.9 Å². The van der Waals surface area contributed by atoms with Gasteiger partial charge in [-0.1, -0.05) is 64.4 Å². The minimum Gasteiger partial charge on any atom is -0.496 e. The normalized spacial score (nSPS) is 22.5. The van der Waals surface area contributed by atoms with E-state index in [9.17, 15) is 33.6 Å². The summed E-state index contributed by atoms with van der Waals surface area (Å²) in [5.41, 5.74) is 3.28. The number of amides is 7. The minimum atomic E-state index is -1.16. The van der Waals surface area contributed by atoms with E-state index < -0.39 is 85.2 Å². The van der Waals surface area contributed by atoms with E-state index >= 15 is 0 Å². The molecule has 58 heavy (non-hydrogen) atoms. The second-order valence-corrected chi connectivity index (χ2v) is 15.5. The molecule has 0 radical (unpaired) electrons. The van der Waals surface area contributed by atoms with Crippen LogP contribution < -0.4 is 36.6 Å². The lowest BCUT2D eigenvalue weighted by Crippen LogP contribution is -2.56. The number of H-pyrrole nitrogens is 1. The molecule has 1 aromatic heterocycles. The molecule has 1 unspecified atom stereocenters. The summed E-state index contributed by atoms with van der Waals surface area (Å²) >= 11 is 0. The van der Waals surface area contributed by atoms with Crippen molar-refractivity contribution in [3.63, 3.8) is 0 Å². The van der Waals surface area contributed by atoms with E-state index in [-0.39, 0.29) is 25.3 Å². The number of nitrogens with one attached hydrogen (secondary N) is 7. The van der Waals surface area contributed by atoms with E-state index in [1.165, 1.54) is 4.90 Å². The fourth-order valence-corrected chi connectivity index (χ4v) is 7.41. The molecule has 3 heterocycles. The molecule has 16 nitrogen and oxygen atoms in total. The number of carbonyl (C=O) groups excluding carboxylic acids is 7. The summed E-state index contributed by atoms with van der Waals surface area (Å²) in [7, 11) is 1.59. The van der Waals surface area contributed by atoms with E-state index in [4.69, 9.17) is 4.74 Å². The van der Waals surface area contributed by atoms with Crippen molar-refractivity contribution >= 4 is 52.3 Å². The largest absolute Gasteiger partial charge is 0.496 e. The van der Waals surface area contributed by atoms with Gasteiger partial charge in [-0.25, -0.2) is 0 Å². The van der Waals surface area contributed by atoms with Crippen molar-refractivity contribution in [2.24, 2.45) is 11.8 Å². The summed E-state index contributed by atoms with van der Waals surface area (Å²) in [6, 6.07) is 8.86. The van der Waals surface area contributed by atoms with Crippen LogP contribution in [0.3, 0.4) is 0 Å². The number of nitrogens with zero attached hydrogens (tertiary/aromatic N) is 1. The Labute approximate surface area is 338 Å². The van der Waals surface area contributed by atoms with Crippen LogP contribution in [0.15, 0.2) is 48.7 Å². The van der Waals surface area contributed by atoms with Gasteiger partial charge in [0.05, 0.1) is 26.7 Å². The summed E-state index contributed by atoms with van der Waals surface area (Å²) in [5.74, 6) is -3.63. The zero-order valence-electron chi connectivity index (χ0n) is 33.9. The number of rotatable bonds is 9. The number of aromatic nitrogens is 1. The number of fused-ring (bicyclic) bond motifs is 2. The zero-order chi connectivity index (χ0) is 41.9. The topological polar surface area (TPSA) is 220 Å². The van der Waals surface area contributed by atoms with Crippen molar-refractivity contribution in [3.05, 3.63) is 65.4 Å². The van der Waals surface area contributed by atoms with Gasteiger partial charge in [-0.15, -0.1) is 0 Å². The van der Waals surface area contributed by atoms with E-state index in [0.717, 1.165) is 40.4 Å². The highest BCUT2D eigenvalue weighted by Crippen LogP contribution is 2.25. The Morgan fingerprint density at radius 3 is 2.10 bits per heavy atom. The Hall–Kier alpha value is -5.93. The molecule has 2 aliphatic rings. The third kappa shape index (κ3) is 11.1. The fraction of sp³-hybridized carbons (Fsp3) is 0.500. The maximum absolute atomic E-state index is 14.3. The van der Waals surface area contributed by atoms with Gasteiger partial charge < -0.3 is 46.5 Å². The second kappa shape index (κ2) is 20.0. The standard InChI is InChI=1S/C42H56N8O8/c1-6-25(4)16-27-17-26(13-14-34(27)58-5)18-31-39(54)44-21-36(52)48-32(19-28-20-43-30-11-8-7-10-29(28)30)42(57)50-15-9-12-33(50)40(55)45-23-37(53)49-38(24(2)3)41(56)46-22-35(51)47-31/h7-8,10-11,13-14,17,20,24-25,31-33,38,43H,6,9,12,15-16,18-19,21-23H2,1-5H3,(H,44,54)(H,45,55)(H,46,56)(H,47,51)(H,48,52)(H,49,53)/t25?,31-,32-,33-,38-/m0/s1. The number of benzene rings is 2. The summed E-state index contributed by atoms with van der Waals surface area (Å²) in [6.45, 7) is 6.44. The lowest BCUT2D eigenvalue weighted by atomic mass is 9.95. The third-order valence-electron chi connectivity index (χ3n) is 10.8. The quantitative estimate of drug-likeness (QED) is 0.165. The smallest absolute Gasteiger partial charge is 0.246 e. The molecule has 16 heteroatoms. The molecule has 5 atom stereocenters. The van der Waals surface area contributed by atoms with Crippen molar-refractivity contribution < 1.29 is 38.3 Å². The van der Waals surface area contributed by atoms with Crippen LogP contribution in [-0.2, 0) is 52.8 Å². The van der Waals surface area contributed by atoms with Crippen LogP contribution in [0.5, 0.6) is 5.75 Å². The number of para-hydroxylation sites is 1. The van der Waals surface area contributed by atoms with Gasteiger partial charge in [-0.2, -0.15) is 0 Å². The first-order valence-electron chi connectivity index (χ1n) is 20.0. The van der Waals surface area contributed by atoms with Crippen LogP contribution in [0.4, 0.5) is 0 Å². The summed E-state index contributed by atoms with van der Waals surface area (Å²) in [6.07, 6.45) is 4.45. The molecule has 7 amide bonds. The summed E-state index contributed by atoms with van der Waals surface area (Å²) in [4.78, 5) is 99.3. The number of hydrogen-bond acceptors (Lipinski definition) is 8. The Balaban J connectivity index is 1.44. The van der Waals surface area contributed by atoms with E-state index in [0.29, 0.717) is 24.5 Å². The van der Waals surface area contributed by atoms with E-state index in [1.54, 1.807) is 33.2 Å². The Kier molecular flexibility index (Phi) is 14.9. The first kappa shape index (κ1) is 43.2. The molecular weight excluding hydrogens is 745 g/mol. The van der Waals surface area contributed by atoms with Gasteiger partial charge >= 0.3 is 0 Å². The van der Waals surface area contributed by atoms with Gasteiger partial charge in [0.2, 0.25) is 41.4 Å². The van der Waals surface area contributed by atoms with Gasteiger partial charge in [-0.3, -0.25) is 33.6 Å². The Bertz CT molecular complexity index is 2000. The van der Waals surface area contributed by atoms with Gasteiger partial charge in [0.15, 0.2) is 0 Å². The molecule has 0 saturated carbocycles. The number of hydrogen-bond donors (Lipinski definition) is 7. The Morgan fingerprint density at radius 1 is 0.759 bits per heavy atom. The van der Waals surface area contributed by atoms with Crippen LogP contribution in [0.2, 0.25) is 0 Å². The van der Waals surface area contributed by atoms with Crippen LogP contribution in [0.25, 0.3) is 10.9 Å². The average molecular weight is 801 g/mol. The highest BCUT2D eigenvalue weighted by molar-refractivity contribution is 5.97. The summed E-state index contributed by atoms with van der Waals surface area (Å²) < 4.78 is 5.59. The lowest BCUT2D eigenvalue weighted by Gasteiger charge is -2.29. The predicted octanol–water partition coefficient (Wildman–Crippen LogP) is 1.01. The lowest BCUT2D eigenvalue weighted by molar-refractivity contribution is -0.141. The van der Waals surface area contributed by atoms with Gasteiger partial charge in [0.1, 0.15) is 29.9 Å². The number of methoxy groups -OCH3 is 1. The monoisotopic (exact) mass is 800 g/mol. The van der Waals surface area contributed by atoms with Gasteiger partial charge in [0.25, 0.3) is 0 Å². The van der Waals surface area contributed by atoms with Crippen molar-refractivity contribution in [1.29, 1.82) is 0 Å². The van der Waals surface area contributed by atoms with Crippen LogP contribution in [-0.4, -0.2) is 109 Å². The Morgan fingerprint density at radius 2 is 1.41 bits per heavy atom. The zero-order valence-corrected chi connectivity index (χ0v) is 33.9. The first-order valence-corrected chi connectivity index (χ1v) is 20.0. The summed E-state index contributed by atoms with van der Waals surface area (Å²) in [5, 5.41) is 16.7. The van der Waals surface area contributed by atoms with E-state index in [2.05, 4.69) is 50.7 Å². The van der Waals surface area contributed by atoms with Crippen molar-refractivity contribution in [2.75, 3.05) is 33.3 Å². The number of aromatic amines is 1. The SMILES string of the molecule is CCC(C)Cc1cc(C[C@@H]2NC(=O)CNC(=O)[C@H](C(C)C)NC(=O)CNC(=O)[C@@H]3CCCN3C(=O)[C@H](Cc3c[nH]c4ccccc34)NC(=O)CNC2=O)ccc1OC. The van der Waals surface area contributed by atoms with Crippen molar-refractivity contribution in [3.8, 4) is 5.75 Å². The van der Waals surface area contributed by atoms with Crippen molar-refractivity contribution in [1.82, 2.24) is 41.8 Å². The predicted molar refractivity (Wildman–Crippen MR) is 216 cm³/mol. The molecule has 0 aliphatic carbocycles. The van der Waals surface area contributed by atoms with Crippen LogP contribution in [0, 0.1) is 11.8 Å². The molecule has 2 fully saturated rings. The molecule has 7 N–H and O–H groups in total.